The minimum atomic E-state index is -1.05. The lowest BCUT2D eigenvalue weighted by Crippen LogP contribution is -2.41. The smallest absolute Gasteiger partial charge is 0.408 e. The zero-order chi connectivity index (χ0) is 10.7. The minimum Gasteiger partial charge on any atom is -0.465 e. The summed E-state index contributed by atoms with van der Waals surface area (Å²) in [6.45, 7) is -0.135. The number of amides is 2. The molecule has 2 amide bonds. The van der Waals surface area contributed by atoms with Crippen LogP contribution in [0.1, 0.15) is 12.8 Å². The summed E-state index contributed by atoms with van der Waals surface area (Å²) >= 11 is 0. The van der Waals surface area contributed by atoms with Crippen LogP contribution in [0.2, 0.25) is 0 Å². The maximum absolute atomic E-state index is 11.3. The second-order valence-electron chi connectivity index (χ2n) is 3.22. The Kier molecular flexibility index (Phi) is 3.29. The van der Waals surface area contributed by atoms with E-state index in [1.807, 2.05) is 0 Å². The van der Waals surface area contributed by atoms with E-state index < -0.39 is 6.09 Å². The van der Waals surface area contributed by atoms with Crippen molar-refractivity contribution in [3.63, 3.8) is 0 Å². The highest BCUT2D eigenvalue weighted by molar-refractivity contribution is 5.81. The molecule has 0 saturated heterocycles. The summed E-state index contributed by atoms with van der Waals surface area (Å²) in [6, 6.07) is 0.0155. The second kappa shape index (κ2) is 4.28. The standard InChI is InChI=1S/C8H14N2O4/c1-9(14-2)7(11)5-10(8(12)13)6-3-4-6/h6H,3-5H2,1-2H3,(H,12,13). The van der Waals surface area contributed by atoms with E-state index in [4.69, 9.17) is 5.11 Å². The van der Waals surface area contributed by atoms with Crippen molar-refractivity contribution >= 4 is 12.0 Å². The molecule has 1 N–H and O–H groups in total. The van der Waals surface area contributed by atoms with Crippen LogP contribution in [-0.2, 0) is 9.63 Å². The van der Waals surface area contributed by atoms with Gasteiger partial charge in [-0.05, 0) is 12.8 Å². The van der Waals surface area contributed by atoms with Gasteiger partial charge in [0.25, 0.3) is 5.91 Å². The molecule has 1 aliphatic carbocycles. The Labute approximate surface area is 82.0 Å². The molecule has 0 unspecified atom stereocenters. The van der Waals surface area contributed by atoms with Crippen molar-refractivity contribution in [1.82, 2.24) is 9.96 Å². The van der Waals surface area contributed by atoms with Gasteiger partial charge in [0, 0.05) is 13.1 Å². The molecule has 0 bridgehead atoms. The first kappa shape index (κ1) is 10.8. The summed E-state index contributed by atoms with van der Waals surface area (Å²) in [5.41, 5.74) is 0. The Hall–Kier alpha value is -1.30. The number of hydrogen-bond donors (Lipinski definition) is 1. The van der Waals surface area contributed by atoms with E-state index in [0.29, 0.717) is 0 Å². The number of carbonyl (C=O) groups excluding carboxylic acids is 1. The molecule has 6 nitrogen and oxygen atoms in total. The Morgan fingerprint density at radius 1 is 1.50 bits per heavy atom. The van der Waals surface area contributed by atoms with Gasteiger partial charge < -0.3 is 5.11 Å². The van der Waals surface area contributed by atoms with E-state index in [-0.39, 0.29) is 18.5 Å². The van der Waals surface area contributed by atoms with Crippen LogP contribution < -0.4 is 0 Å². The lowest BCUT2D eigenvalue weighted by molar-refractivity contribution is -0.169. The summed E-state index contributed by atoms with van der Waals surface area (Å²) in [5.74, 6) is -0.359. The third-order valence-corrected chi connectivity index (χ3v) is 2.16. The van der Waals surface area contributed by atoms with Gasteiger partial charge in [0.15, 0.2) is 0 Å². The molecule has 1 rings (SSSR count). The number of carbonyl (C=O) groups is 2. The predicted molar refractivity (Wildman–Crippen MR) is 47.5 cm³/mol. The number of hydroxylamine groups is 2. The van der Waals surface area contributed by atoms with E-state index in [1.165, 1.54) is 14.2 Å². The molecule has 14 heavy (non-hydrogen) atoms. The second-order valence-corrected chi connectivity index (χ2v) is 3.22. The first-order chi connectivity index (χ1) is 6.56. The lowest BCUT2D eigenvalue weighted by atomic mass is 10.4. The maximum Gasteiger partial charge on any atom is 0.408 e. The highest BCUT2D eigenvalue weighted by Gasteiger charge is 2.34. The molecule has 0 radical (unpaired) electrons. The highest BCUT2D eigenvalue weighted by Crippen LogP contribution is 2.26. The zero-order valence-electron chi connectivity index (χ0n) is 8.27. The summed E-state index contributed by atoms with van der Waals surface area (Å²) < 4.78 is 0. The molecule has 0 heterocycles. The third kappa shape index (κ3) is 2.59. The van der Waals surface area contributed by atoms with Crippen molar-refractivity contribution in [2.24, 2.45) is 0 Å². The van der Waals surface area contributed by atoms with Crippen molar-refractivity contribution in [3.8, 4) is 0 Å². The summed E-state index contributed by atoms with van der Waals surface area (Å²) in [5, 5.41) is 9.83. The molecule has 1 fully saturated rings. The molecule has 1 saturated carbocycles. The molecule has 0 atom stereocenters. The van der Waals surface area contributed by atoms with Crippen LogP contribution in [0.15, 0.2) is 0 Å². The van der Waals surface area contributed by atoms with E-state index in [1.54, 1.807) is 0 Å². The van der Waals surface area contributed by atoms with Crippen molar-refractivity contribution in [2.75, 3.05) is 20.7 Å². The average molecular weight is 202 g/mol. The first-order valence-electron chi connectivity index (χ1n) is 4.36. The van der Waals surface area contributed by atoms with Crippen LogP contribution in [0, 0.1) is 0 Å². The fourth-order valence-electron chi connectivity index (χ4n) is 1.09. The fraction of sp³-hybridized carbons (Fsp3) is 0.750. The van der Waals surface area contributed by atoms with Gasteiger partial charge >= 0.3 is 6.09 Å². The van der Waals surface area contributed by atoms with Gasteiger partial charge in [-0.1, -0.05) is 0 Å². The minimum absolute atomic E-state index is 0.0155. The number of hydrogen-bond acceptors (Lipinski definition) is 3. The van der Waals surface area contributed by atoms with Gasteiger partial charge in [-0.2, -0.15) is 0 Å². The van der Waals surface area contributed by atoms with E-state index in [0.717, 1.165) is 22.8 Å². The van der Waals surface area contributed by atoms with E-state index >= 15 is 0 Å². The van der Waals surface area contributed by atoms with Gasteiger partial charge in [-0.15, -0.1) is 0 Å². The number of likely N-dealkylation sites (N-methyl/N-ethyl adjacent to an activating group) is 1. The van der Waals surface area contributed by atoms with Crippen molar-refractivity contribution < 1.29 is 19.5 Å². The van der Waals surface area contributed by atoms with Gasteiger partial charge in [-0.25, -0.2) is 9.86 Å². The van der Waals surface area contributed by atoms with E-state index in [2.05, 4.69) is 4.84 Å². The molecule has 0 spiro atoms. The van der Waals surface area contributed by atoms with E-state index in [9.17, 15) is 9.59 Å². The predicted octanol–water partition coefficient (Wildman–Crippen LogP) is 0.149. The van der Waals surface area contributed by atoms with Crippen LogP contribution in [0.25, 0.3) is 0 Å². The molecule has 6 heteroatoms. The fourth-order valence-corrected chi connectivity index (χ4v) is 1.09. The average Bonchev–Trinajstić information content (AvgIpc) is 2.95. The zero-order valence-corrected chi connectivity index (χ0v) is 8.27. The summed E-state index contributed by atoms with van der Waals surface area (Å²) in [6.07, 6.45) is 0.636. The van der Waals surface area contributed by atoms with Gasteiger partial charge in [0.1, 0.15) is 6.54 Å². The van der Waals surface area contributed by atoms with Crippen LogP contribution in [0.3, 0.4) is 0 Å². The third-order valence-electron chi connectivity index (χ3n) is 2.16. The number of carboxylic acid groups (broad SMARTS) is 1. The quantitative estimate of drug-likeness (QED) is 0.659. The highest BCUT2D eigenvalue weighted by atomic mass is 16.7. The van der Waals surface area contributed by atoms with Crippen LogP contribution in [0.5, 0.6) is 0 Å². The SMILES string of the molecule is CON(C)C(=O)CN(C(=O)O)C1CC1. The molecule has 0 aromatic heterocycles. The topological polar surface area (TPSA) is 70.1 Å². The van der Waals surface area contributed by atoms with Crippen LogP contribution in [0.4, 0.5) is 4.79 Å². The van der Waals surface area contributed by atoms with Crippen molar-refractivity contribution in [3.05, 3.63) is 0 Å². The molecule has 80 valence electrons. The van der Waals surface area contributed by atoms with Crippen LogP contribution >= 0.6 is 0 Å². The largest absolute Gasteiger partial charge is 0.465 e. The van der Waals surface area contributed by atoms with Gasteiger partial charge in [0.05, 0.1) is 7.11 Å². The Balaban J connectivity index is 2.46. The lowest BCUT2D eigenvalue weighted by Gasteiger charge is -2.21. The van der Waals surface area contributed by atoms with Crippen LogP contribution in [-0.4, -0.2) is 53.8 Å². The molecular formula is C8H14N2O4. The molecule has 0 aliphatic heterocycles. The summed E-state index contributed by atoms with van der Waals surface area (Å²) in [4.78, 5) is 27.9. The monoisotopic (exact) mass is 202 g/mol. The van der Waals surface area contributed by atoms with Crippen molar-refractivity contribution in [2.45, 2.75) is 18.9 Å². The number of nitrogens with zero attached hydrogens (tertiary/aromatic N) is 2. The molecule has 0 aromatic rings. The Bertz CT molecular complexity index is 239. The maximum atomic E-state index is 11.3. The first-order valence-corrected chi connectivity index (χ1v) is 4.36. The van der Waals surface area contributed by atoms with Crippen molar-refractivity contribution in [1.29, 1.82) is 0 Å². The van der Waals surface area contributed by atoms with Gasteiger partial charge in [-0.3, -0.25) is 14.5 Å². The number of rotatable bonds is 4. The molecule has 1 aliphatic rings. The van der Waals surface area contributed by atoms with Gasteiger partial charge in [0.2, 0.25) is 0 Å². The normalized spacial score (nSPS) is 15.0. The Morgan fingerprint density at radius 2 is 2.07 bits per heavy atom. The Morgan fingerprint density at radius 3 is 2.43 bits per heavy atom. The molecular weight excluding hydrogens is 188 g/mol. The molecule has 0 aromatic carbocycles. The summed E-state index contributed by atoms with van der Waals surface area (Å²) in [7, 11) is 2.81.